The molecule has 0 aliphatic heterocycles. The maximum Gasteiger partial charge on any atom is 0.233 e. The van der Waals surface area contributed by atoms with Crippen LogP contribution in [0, 0.1) is 0 Å². The molecule has 1 aromatic heterocycles. The molecule has 1 heterocycles. The van der Waals surface area contributed by atoms with E-state index in [4.69, 9.17) is 4.74 Å². The summed E-state index contributed by atoms with van der Waals surface area (Å²) in [7, 11) is 1.65. The van der Waals surface area contributed by atoms with E-state index in [0.29, 0.717) is 6.54 Å². The normalized spacial score (nSPS) is 11.8. The van der Waals surface area contributed by atoms with E-state index >= 15 is 0 Å². The summed E-state index contributed by atoms with van der Waals surface area (Å²) in [6, 6.07) is 7.76. The van der Waals surface area contributed by atoms with Crippen molar-refractivity contribution in [2.24, 2.45) is 0 Å². The number of hydrogen-bond donors (Lipinski definition) is 1. The topological polar surface area (TPSA) is 69.0 Å². The van der Waals surface area contributed by atoms with E-state index in [-0.39, 0.29) is 11.2 Å². The number of amides is 1. The van der Waals surface area contributed by atoms with Gasteiger partial charge in [-0.3, -0.25) is 4.79 Å². The predicted octanol–water partition coefficient (Wildman–Crippen LogP) is 3.54. The van der Waals surface area contributed by atoms with Gasteiger partial charge in [0, 0.05) is 18.7 Å². The molecule has 1 atom stereocenters. The van der Waals surface area contributed by atoms with E-state index in [2.05, 4.69) is 33.6 Å². The Kier molecular flexibility index (Phi) is 7.72. The van der Waals surface area contributed by atoms with E-state index in [1.807, 2.05) is 31.2 Å². The molecule has 7 heteroatoms. The molecule has 1 N–H and O–H groups in total. The lowest BCUT2D eigenvalue weighted by molar-refractivity contribution is -0.120. The van der Waals surface area contributed by atoms with Gasteiger partial charge < -0.3 is 14.6 Å². The quantitative estimate of drug-likeness (QED) is 0.509. The van der Waals surface area contributed by atoms with Gasteiger partial charge in [0.25, 0.3) is 0 Å². The first-order chi connectivity index (χ1) is 12.6. The number of nitrogens with zero attached hydrogens (tertiary/aromatic N) is 3. The van der Waals surface area contributed by atoms with Crippen molar-refractivity contribution in [3.05, 3.63) is 36.9 Å². The minimum Gasteiger partial charge on any atom is -0.497 e. The molecule has 0 aliphatic carbocycles. The Labute approximate surface area is 159 Å². The average molecular weight is 375 g/mol. The summed E-state index contributed by atoms with van der Waals surface area (Å²) < 4.78 is 7.31. The summed E-state index contributed by atoms with van der Waals surface area (Å²) >= 11 is 1.42. The van der Waals surface area contributed by atoms with Gasteiger partial charge in [0.05, 0.1) is 12.4 Å². The summed E-state index contributed by atoms with van der Waals surface area (Å²) in [6.07, 6.45) is 3.76. The van der Waals surface area contributed by atoms with Gasteiger partial charge in [0.2, 0.25) is 5.91 Å². The minimum absolute atomic E-state index is 0.0362. The number of hydrogen-bond acceptors (Lipinski definition) is 5. The van der Waals surface area contributed by atoms with Crippen molar-refractivity contribution < 1.29 is 9.53 Å². The van der Waals surface area contributed by atoms with Crippen molar-refractivity contribution in [2.75, 3.05) is 13.7 Å². The lowest BCUT2D eigenvalue weighted by atomic mass is 10.2. The smallest absolute Gasteiger partial charge is 0.233 e. The first-order valence-corrected chi connectivity index (χ1v) is 9.61. The highest BCUT2D eigenvalue weighted by Crippen LogP contribution is 2.28. The standard InChI is InChI=1S/C19H26N4O2S/c1-5-7-13-23-17(15-8-10-16(25-4)11-9-15)21-22-19(23)26-14(3)18(24)20-12-6-2/h6,8-11,14H,2,5,7,12-13H2,1,3-4H3,(H,20,24). The number of carbonyl (C=O) groups excluding carboxylic acids is 1. The third kappa shape index (κ3) is 5.11. The zero-order chi connectivity index (χ0) is 18.9. The number of ether oxygens (including phenoxy) is 1. The third-order valence-corrected chi connectivity index (χ3v) is 4.95. The highest BCUT2D eigenvalue weighted by molar-refractivity contribution is 8.00. The molecule has 0 spiro atoms. The van der Waals surface area contributed by atoms with E-state index in [0.717, 1.165) is 41.7 Å². The number of unbranched alkanes of at least 4 members (excludes halogenated alkanes) is 1. The molecule has 0 fully saturated rings. The SMILES string of the molecule is C=CCNC(=O)C(C)Sc1nnc(-c2ccc(OC)cc2)n1CCCC. The second-order valence-electron chi connectivity index (χ2n) is 5.83. The molecular weight excluding hydrogens is 348 g/mol. The summed E-state index contributed by atoms with van der Waals surface area (Å²) in [5.41, 5.74) is 0.977. The fourth-order valence-electron chi connectivity index (χ4n) is 2.38. The molecule has 6 nitrogen and oxygen atoms in total. The van der Waals surface area contributed by atoms with Crippen LogP contribution < -0.4 is 10.1 Å². The van der Waals surface area contributed by atoms with Crippen LogP contribution >= 0.6 is 11.8 Å². The summed E-state index contributed by atoms with van der Waals surface area (Å²) in [5, 5.41) is 12.0. The molecule has 0 aliphatic rings. The molecule has 0 bridgehead atoms. The van der Waals surface area contributed by atoms with Crippen LogP contribution in [0.3, 0.4) is 0 Å². The molecule has 0 saturated carbocycles. The van der Waals surface area contributed by atoms with Crippen LogP contribution in [-0.4, -0.2) is 39.6 Å². The lowest BCUT2D eigenvalue weighted by Crippen LogP contribution is -2.31. The largest absolute Gasteiger partial charge is 0.497 e. The number of aromatic nitrogens is 3. The van der Waals surface area contributed by atoms with Gasteiger partial charge in [-0.2, -0.15) is 0 Å². The van der Waals surface area contributed by atoms with Crippen LogP contribution in [0.25, 0.3) is 11.4 Å². The predicted molar refractivity (Wildman–Crippen MR) is 105 cm³/mol. The van der Waals surface area contributed by atoms with Crippen molar-refractivity contribution in [3.63, 3.8) is 0 Å². The summed E-state index contributed by atoms with van der Waals surface area (Å²) in [4.78, 5) is 12.1. The lowest BCUT2D eigenvalue weighted by Gasteiger charge is -2.13. The molecule has 0 radical (unpaired) electrons. The fourth-order valence-corrected chi connectivity index (χ4v) is 3.28. The zero-order valence-electron chi connectivity index (χ0n) is 15.6. The van der Waals surface area contributed by atoms with Crippen molar-refractivity contribution in [3.8, 4) is 17.1 Å². The third-order valence-electron chi connectivity index (χ3n) is 3.87. The van der Waals surface area contributed by atoms with Gasteiger partial charge in [-0.15, -0.1) is 16.8 Å². The Morgan fingerprint density at radius 1 is 1.38 bits per heavy atom. The second kappa shape index (κ2) is 10.0. The molecule has 0 saturated heterocycles. The average Bonchev–Trinajstić information content (AvgIpc) is 3.06. The Balaban J connectivity index is 2.24. The van der Waals surface area contributed by atoms with Crippen LogP contribution in [0.5, 0.6) is 5.75 Å². The number of thioether (sulfide) groups is 1. The monoisotopic (exact) mass is 374 g/mol. The summed E-state index contributed by atoms with van der Waals surface area (Å²) in [6.45, 7) is 8.91. The first-order valence-electron chi connectivity index (χ1n) is 8.73. The molecule has 1 amide bonds. The molecule has 140 valence electrons. The minimum atomic E-state index is -0.261. The van der Waals surface area contributed by atoms with E-state index in [9.17, 15) is 4.79 Å². The highest BCUT2D eigenvalue weighted by atomic mass is 32.2. The Morgan fingerprint density at radius 2 is 2.12 bits per heavy atom. The summed E-state index contributed by atoms with van der Waals surface area (Å²) in [5.74, 6) is 1.57. The number of benzene rings is 1. The van der Waals surface area contributed by atoms with Crippen molar-refractivity contribution in [2.45, 2.75) is 43.6 Å². The number of rotatable bonds is 10. The maximum absolute atomic E-state index is 12.1. The Bertz CT molecular complexity index is 728. The van der Waals surface area contributed by atoms with Crippen molar-refractivity contribution in [1.82, 2.24) is 20.1 Å². The van der Waals surface area contributed by atoms with Gasteiger partial charge in [0.1, 0.15) is 5.75 Å². The maximum atomic E-state index is 12.1. The molecular formula is C19H26N4O2S. The number of methoxy groups -OCH3 is 1. The fraction of sp³-hybridized carbons (Fsp3) is 0.421. The molecule has 2 aromatic rings. The van der Waals surface area contributed by atoms with E-state index in [1.54, 1.807) is 13.2 Å². The molecule has 2 rings (SSSR count). The van der Waals surface area contributed by atoms with E-state index in [1.165, 1.54) is 11.8 Å². The van der Waals surface area contributed by atoms with Crippen LogP contribution in [0.1, 0.15) is 26.7 Å². The van der Waals surface area contributed by atoms with Gasteiger partial charge in [-0.05, 0) is 37.6 Å². The Morgan fingerprint density at radius 3 is 2.73 bits per heavy atom. The second-order valence-corrected chi connectivity index (χ2v) is 7.14. The van der Waals surface area contributed by atoms with Crippen LogP contribution in [0.15, 0.2) is 42.1 Å². The molecule has 1 unspecified atom stereocenters. The van der Waals surface area contributed by atoms with Crippen LogP contribution in [0.2, 0.25) is 0 Å². The Hall–Kier alpha value is -2.28. The van der Waals surface area contributed by atoms with Gasteiger partial charge >= 0.3 is 0 Å². The molecule has 26 heavy (non-hydrogen) atoms. The van der Waals surface area contributed by atoms with Gasteiger partial charge in [-0.25, -0.2) is 0 Å². The number of nitrogens with one attached hydrogen (secondary N) is 1. The van der Waals surface area contributed by atoms with Gasteiger partial charge in [0.15, 0.2) is 11.0 Å². The van der Waals surface area contributed by atoms with Crippen LogP contribution in [-0.2, 0) is 11.3 Å². The van der Waals surface area contributed by atoms with Crippen molar-refractivity contribution in [1.29, 1.82) is 0 Å². The molecule has 1 aromatic carbocycles. The van der Waals surface area contributed by atoms with Gasteiger partial charge in [-0.1, -0.05) is 31.2 Å². The first kappa shape index (κ1) is 20.0. The van der Waals surface area contributed by atoms with E-state index < -0.39 is 0 Å². The zero-order valence-corrected chi connectivity index (χ0v) is 16.4. The van der Waals surface area contributed by atoms with Crippen molar-refractivity contribution >= 4 is 17.7 Å². The van der Waals surface area contributed by atoms with Crippen LogP contribution in [0.4, 0.5) is 0 Å². The number of carbonyl (C=O) groups is 1. The highest BCUT2D eigenvalue weighted by Gasteiger charge is 2.20.